The molecular formula is C14H16O3. The number of hydrogen-bond acceptors (Lipinski definition) is 3. The Kier molecular flexibility index (Phi) is 4.03. The average molecular weight is 232 g/mol. The second-order valence-electron chi connectivity index (χ2n) is 4.05. The highest BCUT2D eigenvalue weighted by atomic mass is 16.7. The summed E-state index contributed by atoms with van der Waals surface area (Å²) in [6.07, 6.45) is 7.31. The van der Waals surface area contributed by atoms with E-state index in [9.17, 15) is 5.11 Å². The molecule has 1 aliphatic heterocycles. The smallest absolute Gasteiger partial charge is 0.199 e. The van der Waals surface area contributed by atoms with Crippen molar-refractivity contribution in [2.45, 2.75) is 31.7 Å². The standard InChI is InChI=1S/C14H16O3/c1-2-13(15)11-6-8-12(9-7-11)17-14-5-3-4-10-16-14/h1,6-9,13-15H,3-5,10H2. The lowest BCUT2D eigenvalue weighted by Crippen LogP contribution is -2.24. The molecule has 0 saturated carbocycles. The first-order chi connectivity index (χ1) is 8.29. The molecule has 0 radical (unpaired) electrons. The summed E-state index contributed by atoms with van der Waals surface area (Å²) in [5, 5.41) is 9.44. The molecule has 1 heterocycles. The summed E-state index contributed by atoms with van der Waals surface area (Å²) in [5.74, 6) is 3.01. The minimum absolute atomic E-state index is 0.146. The lowest BCUT2D eigenvalue weighted by atomic mass is 10.1. The molecule has 1 aromatic rings. The van der Waals surface area contributed by atoms with E-state index in [4.69, 9.17) is 15.9 Å². The number of rotatable bonds is 3. The molecule has 1 aromatic carbocycles. The first-order valence-electron chi connectivity index (χ1n) is 5.82. The minimum Gasteiger partial charge on any atom is -0.465 e. The lowest BCUT2D eigenvalue weighted by molar-refractivity contribution is -0.105. The van der Waals surface area contributed by atoms with E-state index in [2.05, 4.69) is 5.92 Å². The SMILES string of the molecule is C#CC(O)c1ccc(OC2CCCCO2)cc1. The predicted molar refractivity (Wildman–Crippen MR) is 64.5 cm³/mol. The van der Waals surface area contributed by atoms with Crippen LogP contribution in [0.25, 0.3) is 0 Å². The van der Waals surface area contributed by atoms with Crippen LogP contribution in [0.4, 0.5) is 0 Å². The summed E-state index contributed by atoms with van der Waals surface area (Å²) >= 11 is 0. The van der Waals surface area contributed by atoms with Crippen molar-refractivity contribution in [3.8, 4) is 18.1 Å². The van der Waals surface area contributed by atoms with E-state index >= 15 is 0 Å². The number of aliphatic hydroxyl groups is 1. The Morgan fingerprint density at radius 1 is 1.35 bits per heavy atom. The van der Waals surface area contributed by atoms with Crippen LogP contribution in [0.2, 0.25) is 0 Å². The predicted octanol–water partition coefficient (Wildman–Crippen LogP) is 2.26. The van der Waals surface area contributed by atoms with Crippen LogP contribution >= 0.6 is 0 Å². The van der Waals surface area contributed by atoms with E-state index in [1.807, 2.05) is 0 Å². The van der Waals surface area contributed by atoms with Gasteiger partial charge < -0.3 is 14.6 Å². The van der Waals surface area contributed by atoms with Gasteiger partial charge in [0.1, 0.15) is 11.9 Å². The van der Waals surface area contributed by atoms with Crippen LogP contribution in [0.15, 0.2) is 24.3 Å². The fourth-order valence-electron chi connectivity index (χ4n) is 1.78. The largest absolute Gasteiger partial charge is 0.465 e. The Bertz CT molecular complexity index is 385. The van der Waals surface area contributed by atoms with Crippen molar-refractivity contribution in [3.63, 3.8) is 0 Å². The average Bonchev–Trinajstić information content (AvgIpc) is 2.40. The molecule has 0 bridgehead atoms. The molecule has 3 heteroatoms. The first kappa shape index (κ1) is 12.0. The summed E-state index contributed by atoms with van der Waals surface area (Å²) in [4.78, 5) is 0. The Morgan fingerprint density at radius 3 is 2.71 bits per heavy atom. The Balaban J connectivity index is 1.96. The highest BCUT2D eigenvalue weighted by Crippen LogP contribution is 2.21. The zero-order valence-corrected chi connectivity index (χ0v) is 9.63. The van der Waals surface area contributed by atoms with Crippen LogP contribution in [-0.2, 0) is 4.74 Å². The Labute approximate surface area is 101 Å². The van der Waals surface area contributed by atoms with Crippen LogP contribution in [0, 0.1) is 12.3 Å². The molecule has 3 nitrogen and oxygen atoms in total. The second-order valence-corrected chi connectivity index (χ2v) is 4.05. The molecule has 0 spiro atoms. The Morgan fingerprint density at radius 2 is 2.12 bits per heavy atom. The number of ether oxygens (including phenoxy) is 2. The van der Waals surface area contributed by atoms with Crippen LogP contribution in [-0.4, -0.2) is 18.0 Å². The van der Waals surface area contributed by atoms with Gasteiger partial charge in [0.2, 0.25) is 0 Å². The second kappa shape index (κ2) is 5.72. The summed E-state index contributed by atoms with van der Waals surface area (Å²) in [6, 6.07) is 7.13. The van der Waals surface area contributed by atoms with Gasteiger partial charge in [0.05, 0.1) is 6.61 Å². The van der Waals surface area contributed by atoms with E-state index in [0.29, 0.717) is 5.56 Å². The molecule has 0 aliphatic carbocycles. The molecule has 0 aromatic heterocycles. The molecule has 1 aliphatic rings. The third-order valence-corrected chi connectivity index (χ3v) is 2.76. The Hall–Kier alpha value is -1.50. The molecule has 2 unspecified atom stereocenters. The van der Waals surface area contributed by atoms with Crippen LogP contribution in [0.3, 0.4) is 0 Å². The van der Waals surface area contributed by atoms with Crippen molar-refractivity contribution >= 4 is 0 Å². The molecule has 1 saturated heterocycles. The number of terminal acetylenes is 1. The zero-order chi connectivity index (χ0) is 12.1. The minimum atomic E-state index is -0.852. The number of aliphatic hydroxyl groups excluding tert-OH is 1. The zero-order valence-electron chi connectivity index (χ0n) is 9.63. The van der Waals surface area contributed by atoms with Crippen molar-refractivity contribution in [2.75, 3.05) is 6.61 Å². The maximum atomic E-state index is 9.44. The maximum absolute atomic E-state index is 9.44. The van der Waals surface area contributed by atoms with Gasteiger partial charge in [0.15, 0.2) is 6.29 Å². The highest BCUT2D eigenvalue weighted by Gasteiger charge is 2.15. The van der Waals surface area contributed by atoms with Crippen LogP contribution < -0.4 is 4.74 Å². The van der Waals surface area contributed by atoms with Crippen molar-refractivity contribution < 1.29 is 14.6 Å². The van der Waals surface area contributed by atoms with Gasteiger partial charge in [0, 0.05) is 6.42 Å². The topological polar surface area (TPSA) is 38.7 Å². The third-order valence-electron chi connectivity index (χ3n) is 2.76. The molecule has 2 rings (SSSR count). The number of benzene rings is 1. The van der Waals surface area contributed by atoms with E-state index < -0.39 is 6.10 Å². The molecule has 0 amide bonds. The fourth-order valence-corrected chi connectivity index (χ4v) is 1.78. The van der Waals surface area contributed by atoms with Gasteiger partial charge in [-0.3, -0.25) is 0 Å². The van der Waals surface area contributed by atoms with Gasteiger partial charge in [-0.1, -0.05) is 18.1 Å². The summed E-state index contributed by atoms with van der Waals surface area (Å²) in [5.41, 5.74) is 0.699. The summed E-state index contributed by atoms with van der Waals surface area (Å²) in [7, 11) is 0. The van der Waals surface area contributed by atoms with Crippen molar-refractivity contribution in [3.05, 3.63) is 29.8 Å². The molecule has 90 valence electrons. The van der Waals surface area contributed by atoms with Crippen LogP contribution in [0.5, 0.6) is 5.75 Å². The van der Waals surface area contributed by atoms with Gasteiger partial charge >= 0.3 is 0 Å². The third kappa shape index (κ3) is 3.23. The highest BCUT2D eigenvalue weighted by molar-refractivity contribution is 5.31. The maximum Gasteiger partial charge on any atom is 0.199 e. The van der Waals surface area contributed by atoms with Gasteiger partial charge in [-0.15, -0.1) is 6.42 Å². The van der Waals surface area contributed by atoms with Gasteiger partial charge in [-0.2, -0.15) is 0 Å². The lowest BCUT2D eigenvalue weighted by Gasteiger charge is -2.23. The summed E-state index contributed by atoms with van der Waals surface area (Å²) in [6.45, 7) is 0.762. The monoisotopic (exact) mass is 232 g/mol. The normalized spacial score (nSPS) is 21.5. The van der Waals surface area contributed by atoms with E-state index in [1.54, 1.807) is 24.3 Å². The molecule has 1 N–H and O–H groups in total. The van der Waals surface area contributed by atoms with Gasteiger partial charge in [0.25, 0.3) is 0 Å². The van der Waals surface area contributed by atoms with Crippen molar-refractivity contribution in [1.29, 1.82) is 0 Å². The fraction of sp³-hybridized carbons (Fsp3) is 0.429. The van der Waals surface area contributed by atoms with E-state index in [1.165, 1.54) is 0 Å². The van der Waals surface area contributed by atoms with Gasteiger partial charge in [-0.25, -0.2) is 0 Å². The van der Waals surface area contributed by atoms with Gasteiger partial charge in [-0.05, 0) is 30.5 Å². The number of hydrogen-bond donors (Lipinski definition) is 1. The molecule has 1 fully saturated rings. The van der Waals surface area contributed by atoms with E-state index in [-0.39, 0.29) is 6.29 Å². The van der Waals surface area contributed by atoms with Crippen LogP contribution in [0.1, 0.15) is 30.9 Å². The summed E-state index contributed by atoms with van der Waals surface area (Å²) < 4.78 is 11.1. The molecule has 2 atom stereocenters. The quantitative estimate of drug-likeness (QED) is 0.812. The van der Waals surface area contributed by atoms with Crippen molar-refractivity contribution in [1.82, 2.24) is 0 Å². The van der Waals surface area contributed by atoms with Crippen molar-refractivity contribution in [2.24, 2.45) is 0 Å². The molecular weight excluding hydrogens is 216 g/mol. The first-order valence-corrected chi connectivity index (χ1v) is 5.82. The molecule has 17 heavy (non-hydrogen) atoms. The van der Waals surface area contributed by atoms with E-state index in [0.717, 1.165) is 31.6 Å².